The smallest absolute Gasteiger partial charge is 0.270 e. The molecule has 150 valence electrons. The van der Waals surface area contributed by atoms with Crippen molar-refractivity contribution in [1.29, 1.82) is 0 Å². The predicted molar refractivity (Wildman–Crippen MR) is 123 cm³/mol. The number of ether oxygens (including phenoxy) is 2. The SMILES string of the molecule is COc1ccc(N2C(=O)C(=Cc3ccc(N4CCOCC4)cc3)SC2=S)cc1Cl. The topological polar surface area (TPSA) is 42.0 Å². The first-order chi connectivity index (χ1) is 14.1. The lowest BCUT2D eigenvalue weighted by Gasteiger charge is -2.28. The third-order valence-corrected chi connectivity index (χ3v) is 6.35. The van der Waals surface area contributed by atoms with Crippen molar-refractivity contribution in [3.05, 3.63) is 58.0 Å². The fraction of sp³-hybridized carbons (Fsp3) is 0.238. The highest BCUT2D eigenvalue weighted by molar-refractivity contribution is 8.27. The second-order valence-corrected chi connectivity index (χ2v) is 8.61. The van der Waals surface area contributed by atoms with Crippen LogP contribution in [0.2, 0.25) is 5.02 Å². The maximum absolute atomic E-state index is 13.0. The number of morpholine rings is 1. The Morgan fingerprint density at radius 2 is 1.83 bits per heavy atom. The van der Waals surface area contributed by atoms with E-state index in [9.17, 15) is 4.79 Å². The van der Waals surface area contributed by atoms with E-state index in [1.807, 2.05) is 18.2 Å². The van der Waals surface area contributed by atoms with Crippen molar-refractivity contribution in [2.24, 2.45) is 0 Å². The zero-order valence-corrected chi connectivity index (χ0v) is 18.1. The van der Waals surface area contributed by atoms with Crippen molar-refractivity contribution in [1.82, 2.24) is 0 Å². The van der Waals surface area contributed by atoms with Crippen molar-refractivity contribution >= 4 is 63.3 Å². The average molecular weight is 447 g/mol. The molecule has 4 rings (SSSR count). The molecule has 0 atom stereocenters. The Morgan fingerprint density at radius 3 is 2.48 bits per heavy atom. The van der Waals surface area contributed by atoms with Crippen LogP contribution in [0.3, 0.4) is 0 Å². The van der Waals surface area contributed by atoms with Crippen LogP contribution in [-0.4, -0.2) is 43.6 Å². The first-order valence-corrected chi connectivity index (χ1v) is 10.7. The van der Waals surface area contributed by atoms with Crippen LogP contribution in [0.4, 0.5) is 11.4 Å². The minimum atomic E-state index is -0.154. The molecule has 0 spiro atoms. The number of hydrogen-bond acceptors (Lipinski definition) is 6. The van der Waals surface area contributed by atoms with E-state index in [0.717, 1.165) is 37.6 Å². The fourth-order valence-electron chi connectivity index (χ4n) is 3.24. The van der Waals surface area contributed by atoms with Gasteiger partial charge in [-0.1, -0.05) is 47.7 Å². The number of amides is 1. The Balaban J connectivity index is 1.53. The van der Waals surface area contributed by atoms with E-state index >= 15 is 0 Å². The van der Waals surface area contributed by atoms with Gasteiger partial charge in [-0.25, -0.2) is 0 Å². The Labute approximate surface area is 184 Å². The van der Waals surface area contributed by atoms with E-state index in [1.54, 1.807) is 25.3 Å². The number of methoxy groups -OCH3 is 1. The number of anilines is 2. The van der Waals surface area contributed by atoms with Gasteiger partial charge in [0.2, 0.25) is 0 Å². The highest BCUT2D eigenvalue weighted by Gasteiger charge is 2.33. The minimum absolute atomic E-state index is 0.154. The van der Waals surface area contributed by atoms with Crippen LogP contribution in [0.1, 0.15) is 5.56 Å². The number of thioether (sulfide) groups is 1. The molecule has 0 saturated carbocycles. The second-order valence-electron chi connectivity index (χ2n) is 6.53. The van der Waals surface area contributed by atoms with Gasteiger partial charge in [0.15, 0.2) is 4.32 Å². The molecule has 0 unspecified atom stereocenters. The maximum Gasteiger partial charge on any atom is 0.270 e. The Hall–Kier alpha value is -2.06. The number of carbonyl (C=O) groups excluding carboxylic acids is 1. The zero-order valence-electron chi connectivity index (χ0n) is 15.8. The van der Waals surface area contributed by atoms with Crippen LogP contribution in [0.15, 0.2) is 47.4 Å². The molecule has 2 aliphatic heterocycles. The summed E-state index contributed by atoms with van der Waals surface area (Å²) in [6, 6.07) is 13.4. The van der Waals surface area contributed by atoms with Crippen LogP contribution >= 0.6 is 35.6 Å². The standard InChI is InChI=1S/C21H19ClN2O3S2/c1-26-18-7-6-16(13-17(18)22)24-20(25)19(29-21(24)28)12-14-2-4-15(5-3-14)23-8-10-27-11-9-23/h2-7,12-13H,8-11H2,1H3. The lowest BCUT2D eigenvalue weighted by Crippen LogP contribution is -2.36. The predicted octanol–water partition coefficient (Wildman–Crippen LogP) is 4.59. The van der Waals surface area contributed by atoms with Crippen LogP contribution in [0.25, 0.3) is 6.08 Å². The molecule has 2 aromatic carbocycles. The van der Waals surface area contributed by atoms with Crippen LogP contribution < -0.4 is 14.5 Å². The molecule has 8 heteroatoms. The second kappa shape index (κ2) is 8.75. The molecule has 5 nitrogen and oxygen atoms in total. The Bertz CT molecular complexity index is 972. The monoisotopic (exact) mass is 446 g/mol. The maximum atomic E-state index is 13.0. The van der Waals surface area contributed by atoms with Crippen molar-refractivity contribution in [3.63, 3.8) is 0 Å². The molecule has 0 N–H and O–H groups in total. The van der Waals surface area contributed by atoms with Gasteiger partial charge in [-0.15, -0.1) is 0 Å². The molecule has 2 fully saturated rings. The summed E-state index contributed by atoms with van der Waals surface area (Å²) in [7, 11) is 1.55. The third-order valence-electron chi connectivity index (χ3n) is 4.75. The summed E-state index contributed by atoms with van der Waals surface area (Å²) >= 11 is 12.9. The van der Waals surface area contributed by atoms with Gasteiger partial charge in [-0.05, 0) is 42.0 Å². The lowest BCUT2D eigenvalue weighted by atomic mass is 10.1. The van der Waals surface area contributed by atoms with Crippen LogP contribution in [0, 0.1) is 0 Å². The summed E-state index contributed by atoms with van der Waals surface area (Å²) in [5.74, 6) is 0.398. The van der Waals surface area contributed by atoms with Gasteiger partial charge < -0.3 is 14.4 Å². The first-order valence-electron chi connectivity index (χ1n) is 9.11. The highest BCUT2D eigenvalue weighted by Crippen LogP contribution is 2.38. The number of halogens is 1. The summed E-state index contributed by atoms with van der Waals surface area (Å²) in [5.41, 5.74) is 2.74. The third kappa shape index (κ3) is 4.28. The molecule has 0 bridgehead atoms. The van der Waals surface area contributed by atoms with Gasteiger partial charge in [0, 0.05) is 18.8 Å². The Kier molecular flexibility index (Phi) is 6.10. The van der Waals surface area contributed by atoms with Crippen molar-refractivity contribution in [2.75, 3.05) is 43.2 Å². The van der Waals surface area contributed by atoms with Crippen LogP contribution in [0.5, 0.6) is 5.75 Å². The lowest BCUT2D eigenvalue weighted by molar-refractivity contribution is -0.113. The van der Waals surface area contributed by atoms with Crippen LogP contribution in [-0.2, 0) is 9.53 Å². The van der Waals surface area contributed by atoms with Gasteiger partial charge in [0.1, 0.15) is 5.75 Å². The molecule has 1 amide bonds. The molecule has 2 heterocycles. The molecule has 0 radical (unpaired) electrons. The number of benzene rings is 2. The average Bonchev–Trinajstić information content (AvgIpc) is 3.02. The van der Waals surface area contributed by atoms with E-state index < -0.39 is 0 Å². The van der Waals surface area contributed by atoms with Crippen molar-refractivity contribution in [2.45, 2.75) is 0 Å². The summed E-state index contributed by atoms with van der Waals surface area (Å²) in [4.78, 5) is 17.3. The number of nitrogens with zero attached hydrogens (tertiary/aromatic N) is 2. The summed E-state index contributed by atoms with van der Waals surface area (Å²) < 4.78 is 11.1. The molecular formula is C21H19ClN2O3S2. The molecule has 0 aliphatic carbocycles. The number of thiocarbonyl (C=S) groups is 1. The van der Waals surface area contributed by atoms with E-state index in [2.05, 4.69) is 17.0 Å². The van der Waals surface area contributed by atoms with Gasteiger partial charge in [-0.3, -0.25) is 9.69 Å². The Morgan fingerprint density at radius 1 is 1.14 bits per heavy atom. The van der Waals surface area contributed by atoms with Gasteiger partial charge in [0.25, 0.3) is 5.91 Å². The minimum Gasteiger partial charge on any atom is -0.495 e. The van der Waals surface area contributed by atoms with Crippen molar-refractivity contribution in [3.8, 4) is 5.75 Å². The van der Waals surface area contributed by atoms with Gasteiger partial charge in [-0.2, -0.15) is 0 Å². The fourth-order valence-corrected chi connectivity index (χ4v) is 4.79. The first kappa shape index (κ1) is 20.2. The number of hydrogen-bond donors (Lipinski definition) is 0. The largest absolute Gasteiger partial charge is 0.495 e. The van der Waals surface area contributed by atoms with Crippen molar-refractivity contribution < 1.29 is 14.3 Å². The quantitative estimate of drug-likeness (QED) is 0.505. The van der Waals surface area contributed by atoms with Gasteiger partial charge in [0.05, 0.1) is 35.9 Å². The molecule has 2 aliphatic rings. The molecular weight excluding hydrogens is 428 g/mol. The van der Waals surface area contributed by atoms with E-state index in [1.165, 1.54) is 16.7 Å². The number of carbonyl (C=O) groups is 1. The van der Waals surface area contributed by atoms with Gasteiger partial charge >= 0.3 is 0 Å². The normalized spacial score (nSPS) is 18.6. The highest BCUT2D eigenvalue weighted by atomic mass is 35.5. The molecule has 0 aromatic heterocycles. The zero-order chi connectivity index (χ0) is 20.4. The molecule has 2 aromatic rings. The molecule has 29 heavy (non-hydrogen) atoms. The number of rotatable bonds is 4. The summed E-state index contributed by atoms with van der Waals surface area (Å²) in [5, 5.41) is 0.432. The van der Waals surface area contributed by atoms with E-state index in [0.29, 0.717) is 25.7 Å². The van der Waals surface area contributed by atoms with E-state index in [-0.39, 0.29) is 5.91 Å². The summed E-state index contributed by atoms with van der Waals surface area (Å²) in [6.45, 7) is 3.28. The van der Waals surface area contributed by atoms with E-state index in [4.69, 9.17) is 33.3 Å². The summed E-state index contributed by atoms with van der Waals surface area (Å²) in [6.07, 6.45) is 1.87. The molecule has 2 saturated heterocycles.